The summed E-state index contributed by atoms with van der Waals surface area (Å²) in [7, 11) is 0. The quantitative estimate of drug-likeness (QED) is 0.596. The molecule has 1 aliphatic rings. The van der Waals surface area contributed by atoms with Crippen molar-refractivity contribution in [3.8, 4) is 0 Å². The number of pyridine rings is 1. The van der Waals surface area contributed by atoms with Crippen LogP contribution in [0.5, 0.6) is 0 Å². The third kappa shape index (κ3) is 1.87. The summed E-state index contributed by atoms with van der Waals surface area (Å²) < 4.78 is 13.3. The first-order valence-corrected chi connectivity index (χ1v) is 5.00. The standard InChI is InChI=1S/C11H14FN/c12-10-7-8-13-11-6-4-2-1-3-5-9(10)11/h7-8H,1-6H2. The second-order valence-corrected chi connectivity index (χ2v) is 3.63. The lowest BCUT2D eigenvalue weighted by molar-refractivity contribution is 0.559. The summed E-state index contributed by atoms with van der Waals surface area (Å²) in [6.45, 7) is 0. The molecule has 70 valence electrons. The van der Waals surface area contributed by atoms with Crippen LogP contribution in [0, 0.1) is 5.82 Å². The maximum absolute atomic E-state index is 13.3. The van der Waals surface area contributed by atoms with E-state index in [0.29, 0.717) is 0 Å². The third-order valence-corrected chi connectivity index (χ3v) is 2.68. The molecule has 0 spiro atoms. The lowest BCUT2D eigenvalue weighted by Gasteiger charge is -2.12. The van der Waals surface area contributed by atoms with Crippen molar-refractivity contribution in [2.75, 3.05) is 0 Å². The molecule has 1 nitrogen and oxygen atoms in total. The molecule has 0 amide bonds. The summed E-state index contributed by atoms with van der Waals surface area (Å²) >= 11 is 0. The first kappa shape index (κ1) is 8.67. The van der Waals surface area contributed by atoms with E-state index in [2.05, 4.69) is 4.98 Å². The van der Waals surface area contributed by atoms with Crippen LogP contribution >= 0.6 is 0 Å². The number of hydrogen-bond donors (Lipinski definition) is 0. The van der Waals surface area contributed by atoms with Crippen LogP contribution in [0.4, 0.5) is 4.39 Å². The smallest absolute Gasteiger partial charge is 0.129 e. The van der Waals surface area contributed by atoms with Crippen molar-refractivity contribution < 1.29 is 4.39 Å². The Labute approximate surface area is 78.0 Å². The molecule has 1 aromatic rings. The molecule has 1 aromatic heterocycles. The first-order valence-electron chi connectivity index (χ1n) is 5.00. The minimum atomic E-state index is -0.0631. The van der Waals surface area contributed by atoms with Crippen molar-refractivity contribution in [2.24, 2.45) is 0 Å². The first-order chi connectivity index (χ1) is 6.38. The summed E-state index contributed by atoms with van der Waals surface area (Å²) in [6.07, 6.45) is 8.16. The van der Waals surface area contributed by atoms with E-state index in [0.717, 1.165) is 36.9 Å². The van der Waals surface area contributed by atoms with E-state index in [4.69, 9.17) is 0 Å². The van der Waals surface area contributed by atoms with Crippen molar-refractivity contribution in [1.29, 1.82) is 0 Å². The fourth-order valence-corrected chi connectivity index (χ4v) is 1.94. The zero-order valence-corrected chi connectivity index (χ0v) is 7.72. The molecule has 1 aliphatic carbocycles. The Bertz CT molecular complexity index is 296. The summed E-state index contributed by atoms with van der Waals surface area (Å²) in [5, 5.41) is 0. The predicted molar refractivity (Wildman–Crippen MR) is 50.1 cm³/mol. The third-order valence-electron chi connectivity index (χ3n) is 2.68. The molecule has 0 aromatic carbocycles. The number of rotatable bonds is 0. The van der Waals surface area contributed by atoms with E-state index in [-0.39, 0.29) is 5.82 Å². The van der Waals surface area contributed by atoms with Gasteiger partial charge in [0, 0.05) is 17.5 Å². The Morgan fingerprint density at radius 3 is 2.69 bits per heavy atom. The predicted octanol–water partition coefficient (Wildman–Crippen LogP) is 2.88. The van der Waals surface area contributed by atoms with Crippen LogP contribution in [-0.4, -0.2) is 4.98 Å². The topological polar surface area (TPSA) is 12.9 Å². The molecule has 0 aliphatic heterocycles. The molecule has 2 heteroatoms. The zero-order valence-electron chi connectivity index (χ0n) is 7.72. The van der Waals surface area contributed by atoms with E-state index >= 15 is 0 Å². The molecule has 0 saturated carbocycles. The van der Waals surface area contributed by atoms with Crippen molar-refractivity contribution in [2.45, 2.75) is 38.5 Å². The van der Waals surface area contributed by atoms with Gasteiger partial charge in [0.1, 0.15) is 5.82 Å². The van der Waals surface area contributed by atoms with Crippen LogP contribution in [0.15, 0.2) is 12.3 Å². The summed E-state index contributed by atoms with van der Waals surface area (Å²) in [5.41, 5.74) is 1.85. The molecule has 1 heterocycles. The highest BCUT2D eigenvalue weighted by atomic mass is 19.1. The van der Waals surface area contributed by atoms with Gasteiger partial charge in [-0.1, -0.05) is 12.8 Å². The SMILES string of the molecule is Fc1ccnc2c1CCCCCC2. The van der Waals surface area contributed by atoms with Crippen molar-refractivity contribution in [3.63, 3.8) is 0 Å². The van der Waals surface area contributed by atoms with Gasteiger partial charge in [0.15, 0.2) is 0 Å². The molecule has 13 heavy (non-hydrogen) atoms. The van der Waals surface area contributed by atoms with Crippen molar-refractivity contribution in [3.05, 3.63) is 29.3 Å². The molecular formula is C11H14FN. The Balaban J connectivity index is 2.33. The molecule has 2 rings (SSSR count). The van der Waals surface area contributed by atoms with Gasteiger partial charge in [0.05, 0.1) is 0 Å². The van der Waals surface area contributed by atoms with Gasteiger partial charge in [0.2, 0.25) is 0 Å². The fourth-order valence-electron chi connectivity index (χ4n) is 1.94. The molecule has 0 saturated heterocycles. The molecule has 0 bridgehead atoms. The highest BCUT2D eigenvalue weighted by molar-refractivity contribution is 5.22. The minimum Gasteiger partial charge on any atom is -0.261 e. The largest absolute Gasteiger partial charge is 0.261 e. The van der Waals surface area contributed by atoms with Crippen LogP contribution < -0.4 is 0 Å². The molecule has 0 N–H and O–H groups in total. The lowest BCUT2D eigenvalue weighted by atomic mass is 9.97. The maximum atomic E-state index is 13.3. The molecule has 0 atom stereocenters. The lowest BCUT2D eigenvalue weighted by Crippen LogP contribution is -2.04. The van der Waals surface area contributed by atoms with E-state index in [1.54, 1.807) is 6.20 Å². The zero-order chi connectivity index (χ0) is 9.10. The number of aryl methyl sites for hydroxylation is 1. The molecule has 0 fully saturated rings. The van der Waals surface area contributed by atoms with Gasteiger partial charge in [-0.25, -0.2) is 4.39 Å². The van der Waals surface area contributed by atoms with Gasteiger partial charge in [-0.15, -0.1) is 0 Å². The van der Waals surface area contributed by atoms with Crippen LogP contribution in [0.2, 0.25) is 0 Å². The highest BCUT2D eigenvalue weighted by Gasteiger charge is 2.11. The van der Waals surface area contributed by atoms with Gasteiger partial charge in [-0.3, -0.25) is 4.98 Å². The number of aromatic nitrogens is 1. The van der Waals surface area contributed by atoms with E-state index in [9.17, 15) is 4.39 Å². The normalized spacial score (nSPS) is 17.3. The summed E-state index contributed by atoms with van der Waals surface area (Å²) in [6, 6.07) is 1.47. The summed E-state index contributed by atoms with van der Waals surface area (Å²) in [5.74, 6) is -0.0631. The average Bonchev–Trinajstić information content (AvgIpc) is 2.07. The fraction of sp³-hybridized carbons (Fsp3) is 0.545. The maximum Gasteiger partial charge on any atom is 0.129 e. The van der Waals surface area contributed by atoms with Crippen molar-refractivity contribution >= 4 is 0 Å². The van der Waals surface area contributed by atoms with Crippen LogP contribution in [0.25, 0.3) is 0 Å². The van der Waals surface area contributed by atoms with Gasteiger partial charge < -0.3 is 0 Å². The van der Waals surface area contributed by atoms with Gasteiger partial charge >= 0.3 is 0 Å². The average molecular weight is 179 g/mol. The minimum absolute atomic E-state index is 0.0631. The Kier molecular flexibility index (Phi) is 2.57. The highest BCUT2D eigenvalue weighted by Crippen LogP contribution is 2.20. The number of fused-ring (bicyclic) bond motifs is 1. The van der Waals surface area contributed by atoms with Crippen LogP contribution in [-0.2, 0) is 12.8 Å². The molecular weight excluding hydrogens is 165 g/mol. The van der Waals surface area contributed by atoms with Gasteiger partial charge in [-0.2, -0.15) is 0 Å². The van der Waals surface area contributed by atoms with Crippen molar-refractivity contribution in [1.82, 2.24) is 4.98 Å². The van der Waals surface area contributed by atoms with E-state index < -0.39 is 0 Å². The number of hydrogen-bond acceptors (Lipinski definition) is 1. The number of nitrogens with zero attached hydrogens (tertiary/aromatic N) is 1. The van der Waals surface area contributed by atoms with E-state index in [1.807, 2.05) is 0 Å². The van der Waals surface area contributed by atoms with Crippen LogP contribution in [0.1, 0.15) is 36.9 Å². The van der Waals surface area contributed by atoms with Crippen LogP contribution in [0.3, 0.4) is 0 Å². The monoisotopic (exact) mass is 179 g/mol. The number of halogens is 1. The Hall–Kier alpha value is -0.920. The molecule has 0 radical (unpaired) electrons. The van der Waals surface area contributed by atoms with E-state index in [1.165, 1.54) is 18.9 Å². The second kappa shape index (κ2) is 3.86. The molecule has 0 unspecified atom stereocenters. The van der Waals surface area contributed by atoms with Gasteiger partial charge in [-0.05, 0) is 31.7 Å². The van der Waals surface area contributed by atoms with Gasteiger partial charge in [0.25, 0.3) is 0 Å². The summed E-state index contributed by atoms with van der Waals surface area (Å²) in [4.78, 5) is 4.24. The Morgan fingerprint density at radius 1 is 1.08 bits per heavy atom. The second-order valence-electron chi connectivity index (χ2n) is 3.63. The Morgan fingerprint density at radius 2 is 1.85 bits per heavy atom.